The Labute approximate surface area is 180 Å². The van der Waals surface area contributed by atoms with Gasteiger partial charge in [-0.15, -0.1) is 0 Å². The first-order valence-electron chi connectivity index (χ1n) is 9.74. The van der Waals surface area contributed by atoms with Crippen molar-refractivity contribution < 1.29 is 4.79 Å². The Morgan fingerprint density at radius 2 is 1.75 bits per heavy atom. The van der Waals surface area contributed by atoms with Gasteiger partial charge in [0.2, 0.25) is 5.78 Å². The number of nitriles is 1. The number of nitrogens with one attached hydrogen (secondary N) is 1. The number of hydrogen-bond acceptors (Lipinski definition) is 5. The van der Waals surface area contributed by atoms with Gasteiger partial charge in [-0.1, -0.05) is 12.1 Å². The molecule has 154 valence electrons. The van der Waals surface area contributed by atoms with Gasteiger partial charge in [0.1, 0.15) is 0 Å². The Morgan fingerprint density at radius 3 is 2.50 bits per heavy atom. The van der Waals surface area contributed by atoms with E-state index in [1.807, 2.05) is 6.07 Å². The van der Waals surface area contributed by atoms with Crippen LogP contribution in [0, 0.1) is 11.3 Å². The Hall–Kier alpha value is -4.77. The zero-order chi connectivity index (χ0) is 22.4. The van der Waals surface area contributed by atoms with Gasteiger partial charge < -0.3 is 9.55 Å². The third-order valence-electron chi connectivity index (χ3n) is 5.39. The van der Waals surface area contributed by atoms with Crippen LogP contribution in [0.1, 0.15) is 21.7 Å². The highest BCUT2D eigenvalue weighted by Crippen LogP contribution is 2.22. The summed E-state index contributed by atoms with van der Waals surface area (Å²) in [6.45, 7) is 0. The first-order chi connectivity index (χ1) is 15.5. The largest absolute Gasteiger partial charge is 0.324 e. The van der Waals surface area contributed by atoms with Gasteiger partial charge in [-0.3, -0.25) is 19.0 Å². The Kier molecular flexibility index (Phi) is 4.31. The van der Waals surface area contributed by atoms with Gasteiger partial charge in [-0.2, -0.15) is 5.26 Å². The number of carbonyl (C=O) groups excluding carboxylic acids is 1. The summed E-state index contributed by atoms with van der Waals surface area (Å²) in [6.07, 6.45) is 0. The van der Waals surface area contributed by atoms with E-state index in [0.717, 1.165) is 0 Å². The number of imidazole rings is 1. The molecule has 2 aromatic heterocycles. The van der Waals surface area contributed by atoms with Gasteiger partial charge in [-0.05, 0) is 54.6 Å². The predicted octanol–water partition coefficient (Wildman–Crippen LogP) is 2.67. The molecule has 0 aliphatic rings. The average Bonchev–Trinajstić information content (AvgIpc) is 3.15. The van der Waals surface area contributed by atoms with Crippen LogP contribution in [0.25, 0.3) is 27.8 Å². The lowest BCUT2D eigenvalue weighted by Crippen LogP contribution is -2.35. The first-order valence-corrected chi connectivity index (χ1v) is 9.74. The molecular formula is C24H15N5O3. The number of carbonyl (C=O) groups is 1. The molecule has 0 saturated carbocycles. The van der Waals surface area contributed by atoms with Gasteiger partial charge in [0.15, 0.2) is 5.82 Å². The SMILES string of the molecule is Cn1c(C(=O)c2ccc(C#N)cc2)nc2cc(-n3c(=O)c(=O)[nH]c4ccccc43)ccc21. The van der Waals surface area contributed by atoms with E-state index in [9.17, 15) is 14.4 Å². The summed E-state index contributed by atoms with van der Waals surface area (Å²) in [5.74, 6) is -0.0570. The van der Waals surface area contributed by atoms with Gasteiger partial charge in [0.05, 0.1) is 39.4 Å². The average molecular weight is 421 g/mol. The summed E-state index contributed by atoms with van der Waals surface area (Å²) >= 11 is 0. The van der Waals surface area contributed by atoms with Crippen molar-refractivity contribution in [3.05, 3.63) is 104 Å². The molecule has 0 atom stereocenters. The monoisotopic (exact) mass is 421 g/mol. The Morgan fingerprint density at radius 1 is 1.00 bits per heavy atom. The van der Waals surface area contributed by atoms with Crippen LogP contribution >= 0.6 is 0 Å². The van der Waals surface area contributed by atoms with E-state index in [1.165, 1.54) is 4.57 Å². The minimum atomic E-state index is -0.721. The number of para-hydroxylation sites is 2. The third-order valence-corrected chi connectivity index (χ3v) is 5.39. The molecule has 2 heterocycles. The predicted molar refractivity (Wildman–Crippen MR) is 119 cm³/mol. The second-order valence-corrected chi connectivity index (χ2v) is 7.30. The van der Waals surface area contributed by atoms with E-state index in [4.69, 9.17) is 5.26 Å². The van der Waals surface area contributed by atoms with Crippen molar-refractivity contribution >= 4 is 27.9 Å². The first kappa shape index (κ1) is 19.2. The molecule has 0 saturated heterocycles. The molecule has 32 heavy (non-hydrogen) atoms. The third kappa shape index (κ3) is 2.92. The maximum Gasteiger partial charge on any atom is 0.321 e. The summed E-state index contributed by atoms with van der Waals surface area (Å²) in [5, 5.41) is 8.95. The summed E-state index contributed by atoms with van der Waals surface area (Å²) in [5.41, 5.74) is 2.24. The van der Waals surface area contributed by atoms with E-state index in [2.05, 4.69) is 9.97 Å². The maximum atomic E-state index is 13.0. The molecule has 0 unspecified atom stereocenters. The highest BCUT2D eigenvalue weighted by atomic mass is 16.2. The van der Waals surface area contributed by atoms with Crippen LogP contribution in [-0.4, -0.2) is 24.9 Å². The van der Waals surface area contributed by atoms with Crippen molar-refractivity contribution in [2.24, 2.45) is 7.05 Å². The summed E-state index contributed by atoms with van der Waals surface area (Å²) in [4.78, 5) is 44.9. The fourth-order valence-electron chi connectivity index (χ4n) is 3.77. The molecule has 3 aromatic carbocycles. The number of nitrogens with zero attached hydrogens (tertiary/aromatic N) is 4. The molecule has 0 aliphatic carbocycles. The standard InChI is InChI=1S/C24H15N5O3/c1-28-19-11-10-16(29-20-5-3-2-4-17(20)27-23(31)24(29)32)12-18(19)26-22(28)21(30)15-8-6-14(13-25)7-9-15/h2-12H,1H3,(H,27,31). The topological polar surface area (TPSA) is 114 Å². The smallest absolute Gasteiger partial charge is 0.321 e. The number of fused-ring (bicyclic) bond motifs is 2. The lowest BCUT2D eigenvalue weighted by atomic mass is 10.1. The highest BCUT2D eigenvalue weighted by Gasteiger charge is 2.18. The van der Waals surface area contributed by atoms with Crippen LogP contribution < -0.4 is 11.1 Å². The van der Waals surface area contributed by atoms with Crippen LogP contribution in [0.3, 0.4) is 0 Å². The Balaban J connectivity index is 1.67. The quantitative estimate of drug-likeness (QED) is 0.355. The van der Waals surface area contributed by atoms with Gasteiger partial charge in [0.25, 0.3) is 0 Å². The molecule has 0 aliphatic heterocycles. The molecule has 0 radical (unpaired) electrons. The second-order valence-electron chi connectivity index (χ2n) is 7.30. The minimum absolute atomic E-state index is 0.227. The zero-order valence-corrected chi connectivity index (χ0v) is 16.9. The molecule has 0 amide bonds. The number of H-pyrrole nitrogens is 1. The maximum absolute atomic E-state index is 13.0. The lowest BCUT2D eigenvalue weighted by molar-refractivity contribution is 0.102. The zero-order valence-electron chi connectivity index (χ0n) is 16.9. The Bertz CT molecular complexity index is 1700. The van der Waals surface area contributed by atoms with Crippen molar-refractivity contribution in [3.8, 4) is 11.8 Å². The molecule has 8 heteroatoms. The molecule has 0 fully saturated rings. The van der Waals surface area contributed by atoms with Crippen LogP contribution in [0.15, 0.2) is 76.3 Å². The summed E-state index contributed by atoms with van der Waals surface area (Å²) < 4.78 is 3.02. The normalized spacial score (nSPS) is 11.0. The van der Waals surface area contributed by atoms with Crippen LogP contribution in [-0.2, 0) is 7.05 Å². The highest BCUT2D eigenvalue weighted by molar-refractivity contribution is 6.08. The fraction of sp³-hybridized carbons (Fsp3) is 0.0417. The molecule has 0 bridgehead atoms. The van der Waals surface area contributed by atoms with Crippen molar-refractivity contribution in [3.63, 3.8) is 0 Å². The number of benzene rings is 3. The molecule has 5 aromatic rings. The van der Waals surface area contributed by atoms with E-state index < -0.39 is 11.1 Å². The van der Waals surface area contributed by atoms with Gasteiger partial charge >= 0.3 is 11.1 Å². The molecule has 1 N–H and O–H groups in total. The summed E-state index contributed by atoms with van der Waals surface area (Å²) in [6, 6.07) is 20.5. The van der Waals surface area contributed by atoms with Crippen LogP contribution in [0.2, 0.25) is 0 Å². The lowest BCUT2D eigenvalue weighted by Gasteiger charge is -2.09. The number of hydrogen-bond donors (Lipinski definition) is 1. The van der Waals surface area contributed by atoms with E-state index in [1.54, 1.807) is 78.3 Å². The number of aryl methyl sites for hydroxylation is 1. The molecular weight excluding hydrogens is 406 g/mol. The number of rotatable bonds is 3. The van der Waals surface area contributed by atoms with Crippen molar-refractivity contribution in [2.75, 3.05) is 0 Å². The van der Waals surface area contributed by atoms with Gasteiger partial charge in [0, 0.05) is 12.6 Å². The van der Waals surface area contributed by atoms with Crippen molar-refractivity contribution in [2.45, 2.75) is 0 Å². The number of aromatic amines is 1. The molecule has 5 rings (SSSR count). The fourth-order valence-corrected chi connectivity index (χ4v) is 3.77. The number of ketones is 1. The van der Waals surface area contributed by atoms with Crippen molar-refractivity contribution in [1.82, 2.24) is 19.1 Å². The summed E-state index contributed by atoms with van der Waals surface area (Å²) in [7, 11) is 1.74. The number of aromatic nitrogens is 4. The van der Waals surface area contributed by atoms with E-state index in [-0.39, 0.29) is 11.6 Å². The molecule has 0 spiro atoms. The van der Waals surface area contributed by atoms with Crippen LogP contribution in [0.5, 0.6) is 0 Å². The van der Waals surface area contributed by atoms with E-state index >= 15 is 0 Å². The molecule has 8 nitrogen and oxygen atoms in total. The second kappa shape index (κ2) is 7.18. The van der Waals surface area contributed by atoms with Crippen molar-refractivity contribution in [1.29, 1.82) is 5.26 Å². The van der Waals surface area contributed by atoms with Gasteiger partial charge in [-0.25, -0.2) is 4.98 Å². The minimum Gasteiger partial charge on any atom is -0.324 e. The van der Waals surface area contributed by atoms with Crippen LogP contribution in [0.4, 0.5) is 0 Å². The van der Waals surface area contributed by atoms with E-state index in [0.29, 0.717) is 38.9 Å².